The Kier molecular flexibility index (Phi) is 5.08. The van der Waals surface area contributed by atoms with E-state index in [-0.39, 0.29) is 17.2 Å². The van der Waals surface area contributed by atoms with Crippen molar-refractivity contribution in [2.45, 2.75) is 26.7 Å². The van der Waals surface area contributed by atoms with Gasteiger partial charge in [-0.25, -0.2) is 4.68 Å². The summed E-state index contributed by atoms with van der Waals surface area (Å²) in [6.07, 6.45) is 1.37. The van der Waals surface area contributed by atoms with Crippen molar-refractivity contribution in [2.24, 2.45) is 7.05 Å². The molecule has 0 aromatic carbocycles. The molecule has 1 N–H and O–H groups in total. The average molecular weight is 256 g/mol. The van der Waals surface area contributed by atoms with E-state index < -0.39 is 0 Å². The zero-order chi connectivity index (χ0) is 13.7. The molecule has 1 aromatic heterocycles. The second kappa shape index (κ2) is 6.34. The number of aliphatic hydroxyl groups excluding tert-OH is 1. The standard InChI is InChI=1S/C11H20N4O3/c1-4-6-14(7-8-16)11-10(15(17)18)9(5-2)12-13(11)3/h16H,4-8H2,1-3H3. The molecule has 0 aliphatic rings. The van der Waals surface area contributed by atoms with Gasteiger partial charge in [0.15, 0.2) is 0 Å². The van der Waals surface area contributed by atoms with Gasteiger partial charge in [0.05, 0.1) is 11.5 Å². The van der Waals surface area contributed by atoms with Crippen LogP contribution in [0.15, 0.2) is 0 Å². The summed E-state index contributed by atoms with van der Waals surface area (Å²) in [6.45, 7) is 4.83. The maximum atomic E-state index is 11.2. The van der Waals surface area contributed by atoms with Crippen LogP contribution in [0.25, 0.3) is 0 Å². The molecular formula is C11H20N4O3. The SMILES string of the molecule is CCCN(CCO)c1c([N+](=O)[O-])c(CC)nn1C. The van der Waals surface area contributed by atoms with Crippen LogP contribution in [0.1, 0.15) is 26.0 Å². The Morgan fingerprint density at radius 3 is 2.56 bits per heavy atom. The quantitative estimate of drug-likeness (QED) is 0.583. The molecule has 0 saturated heterocycles. The largest absolute Gasteiger partial charge is 0.395 e. The van der Waals surface area contributed by atoms with Gasteiger partial charge in [0.25, 0.3) is 0 Å². The first-order chi connectivity index (χ1) is 8.56. The highest BCUT2D eigenvalue weighted by Crippen LogP contribution is 2.31. The van der Waals surface area contributed by atoms with Gasteiger partial charge in [-0.1, -0.05) is 13.8 Å². The fourth-order valence-corrected chi connectivity index (χ4v) is 2.05. The molecule has 0 amide bonds. The Labute approximate surface area is 106 Å². The van der Waals surface area contributed by atoms with Crippen LogP contribution in [0.2, 0.25) is 0 Å². The van der Waals surface area contributed by atoms with Gasteiger partial charge in [0.2, 0.25) is 5.82 Å². The summed E-state index contributed by atoms with van der Waals surface area (Å²) in [4.78, 5) is 12.6. The van der Waals surface area contributed by atoms with Gasteiger partial charge in [-0.15, -0.1) is 0 Å². The van der Waals surface area contributed by atoms with Crippen LogP contribution in [-0.2, 0) is 13.5 Å². The number of rotatable bonds is 7. The molecule has 18 heavy (non-hydrogen) atoms. The topological polar surface area (TPSA) is 84.4 Å². The lowest BCUT2D eigenvalue weighted by molar-refractivity contribution is -0.384. The number of anilines is 1. The van der Waals surface area contributed by atoms with Crippen LogP contribution in [0, 0.1) is 10.1 Å². The second-order valence-electron chi connectivity index (χ2n) is 4.06. The number of nitrogens with zero attached hydrogens (tertiary/aromatic N) is 4. The molecule has 1 rings (SSSR count). The van der Waals surface area contributed by atoms with Crippen molar-refractivity contribution in [2.75, 3.05) is 24.6 Å². The molecule has 0 aliphatic heterocycles. The first-order valence-corrected chi connectivity index (χ1v) is 6.12. The lowest BCUT2D eigenvalue weighted by atomic mass is 10.2. The number of aryl methyl sites for hydroxylation is 2. The van der Waals surface area contributed by atoms with Crippen LogP contribution in [0.4, 0.5) is 11.5 Å². The van der Waals surface area contributed by atoms with Gasteiger partial charge in [0.1, 0.15) is 5.69 Å². The van der Waals surface area contributed by atoms with Crippen molar-refractivity contribution >= 4 is 11.5 Å². The van der Waals surface area contributed by atoms with E-state index in [1.165, 1.54) is 4.68 Å². The van der Waals surface area contributed by atoms with Gasteiger partial charge in [-0.05, 0) is 12.8 Å². The highest BCUT2D eigenvalue weighted by Gasteiger charge is 2.28. The van der Waals surface area contributed by atoms with E-state index in [2.05, 4.69) is 5.10 Å². The Morgan fingerprint density at radius 1 is 1.44 bits per heavy atom. The third kappa shape index (κ3) is 2.79. The molecule has 0 spiro atoms. The van der Waals surface area contributed by atoms with E-state index in [4.69, 9.17) is 5.11 Å². The van der Waals surface area contributed by atoms with Crippen molar-refractivity contribution in [1.82, 2.24) is 9.78 Å². The molecule has 0 bridgehead atoms. The van der Waals surface area contributed by atoms with Crippen molar-refractivity contribution in [3.05, 3.63) is 15.8 Å². The molecular weight excluding hydrogens is 236 g/mol. The molecule has 7 nitrogen and oxygen atoms in total. The number of hydrogen-bond donors (Lipinski definition) is 1. The Bertz CT molecular complexity index is 411. The summed E-state index contributed by atoms with van der Waals surface area (Å²) in [6, 6.07) is 0. The Morgan fingerprint density at radius 2 is 2.11 bits per heavy atom. The highest BCUT2D eigenvalue weighted by molar-refractivity contribution is 5.61. The summed E-state index contributed by atoms with van der Waals surface area (Å²) in [5.74, 6) is 0.479. The highest BCUT2D eigenvalue weighted by atomic mass is 16.6. The molecule has 102 valence electrons. The summed E-state index contributed by atoms with van der Waals surface area (Å²) in [7, 11) is 1.70. The summed E-state index contributed by atoms with van der Waals surface area (Å²) >= 11 is 0. The van der Waals surface area contributed by atoms with Crippen molar-refractivity contribution in [3.8, 4) is 0 Å². The van der Waals surface area contributed by atoms with E-state index >= 15 is 0 Å². The van der Waals surface area contributed by atoms with Crippen molar-refractivity contribution < 1.29 is 10.0 Å². The molecule has 7 heteroatoms. The average Bonchev–Trinajstić information content (AvgIpc) is 2.66. The number of nitro groups is 1. The fraction of sp³-hybridized carbons (Fsp3) is 0.727. The summed E-state index contributed by atoms with van der Waals surface area (Å²) < 4.78 is 1.53. The van der Waals surface area contributed by atoms with Crippen LogP contribution >= 0.6 is 0 Å². The van der Waals surface area contributed by atoms with Gasteiger partial charge in [-0.2, -0.15) is 5.10 Å². The molecule has 0 unspecified atom stereocenters. The molecule has 0 aliphatic carbocycles. The predicted molar refractivity (Wildman–Crippen MR) is 68.8 cm³/mol. The molecule has 0 atom stereocenters. The van der Waals surface area contributed by atoms with Gasteiger partial charge < -0.3 is 10.0 Å². The lowest BCUT2D eigenvalue weighted by Gasteiger charge is -2.22. The molecule has 0 fully saturated rings. The van der Waals surface area contributed by atoms with Crippen LogP contribution in [0.3, 0.4) is 0 Å². The number of aliphatic hydroxyl groups is 1. The van der Waals surface area contributed by atoms with E-state index in [1.54, 1.807) is 7.05 Å². The lowest BCUT2D eigenvalue weighted by Crippen LogP contribution is -2.29. The van der Waals surface area contributed by atoms with Crippen molar-refractivity contribution in [3.63, 3.8) is 0 Å². The van der Waals surface area contributed by atoms with E-state index in [0.717, 1.165) is 6.42 Å². The molecule has 1 heterocycles. The summed E-state index contributed by atoms with van der Waals surface area (Å²) in [5, 5.41) is 24.4. The number of aromatic nitrogens is 2. The van der Waals surface area contributed by atoms with Gasteiger partial charge in [-0.3, -0.25) is 10.1 Å². The monoisotopic (exact) mass is 256 g/mol. The van der Waals surface area contributed by atoms with Crippen LogP contribution in [0.5, 0.6) is 0 Å². The third-order valence-corrected chi connectivity index (χ3v) is 2.74. The second-order valence-corrected chi connectivity index (χ2v) is 4.06. The van der Waals surface area contributed by atoms with Gasteiger partial charge >= 0.3 is 5.69 Å². The minimum Gasteiger partial charge on any atom is -0.395 e. The first kappa shape index (κ1) is 14.4. The Balaban J connectivity index is 3.26. The minimum absolute atomic E-state index is 0.0379. The molecule has 1 aromatic rings. The number of hydrogen-bond acceptors (Lipinski definition) is 5. The zero-order valence-electron chi connectivity index (χ0n) is 11.1. The van der Waals surface area contributed by atoms with Gasteiger partial charge in [0, 0.05) is 20.1 Å². The normalized spacial score (nSPS) is 10.7. The predicted octanol–water partition coefficient (Wildman–Crippen LogP) is 1.10. The zero-order valence-corrected chi connectivity index (χ0v) is 11.1. The van der Waals surface area contributed by atoms with E-state index in [1.807, 2.05) is 18.7 Å². The smallest absolute Gasteiger partial charge is 0.334 e. The molecule has 0 radical (unpaired) electrons. The summed E-state index contributed by atoms with van der Waals surface area (Å²) in [5.41, 5.74) is 0.540. The third-order valence-electron chi connectivity index (χ3n) is 2.74. The van der Waals surface area contributed by atoms with Crippen LogP contribution < -0.4 is 4.90 Å². The maximum Gasteiger partial charge on any atom is 0.334 e. The van der Waals surface area contributed by atoms with Crippen molar-refractivity contribution in [1.29, 1.82) is 0 Å². The van der Waals surface area contributed by atoms with E-state index in [0.29, 0.717) is 31.0 Å². The maximum absolute atomic E-state index is 11.2. The first-order valence-electron chi connectivity index (χ1n) is 6.12. The fourth-order valence-electron chi connectivity index (χ4n) is 2.05. The molecule has 0 saturated carbocycles. The van der Waals surface area contributed by atoms with Crippen LogP contribution in [-0.4, -0.2) is 39.5 Å². The Hall–Kier alpha value is -1.63. The van der Waals surface area contributed by atoms with E-state index in [9.17, 15) is 10.1 Å². The minimum atomic E-state index is -0.388.